The first kappa shape index (κ1) is 13.4. The van der Waals surface area contributed by atoms with Crippen LogP contribution in [0.2, 0.25) is 0 Å². The van der Waals surface area contributed by atoms with E-state index in [4.69, 9.17) is 20.4 Å². The molecule has 0 aromatic heterocycles. The van der Waals surface area contributed by atoms with Crippen molar-refractivity contribution >= 4 is 0 Å². The molecule has 1 unspecified atom stereocenters. The number of rotatable bonds is 3. The van der Waals surface area contributed by atoms with Gasteiger partial charge >= 0.3 is 0 Å². The number of hydrogen-bond donors (Lipinski definition) is 4. The van der Waals surface area contributed by atoms with Crippen molar-refractivity contribution < 1.29 is 20.4 Å². The molecule has 4 heteroatoms. The largest absolute Gasteiger partial charge is 0.396 e. The highest BCUT2D eigenvalue weighted by Gasteiger charge is 1.94. The van der Waals surface area contributed by atoms with Crippen LogP contribution in [0, 0.1) is 5.92 Å². The third-order valence-corrected chi connectivity index (χ3v) is 0.934. The molecule has 4 nitrogen and oxygen atoms in total. The molecular weight excluding hydrogens is 148 g/mol. The van der Waals surface area contributed by atoms with Gasteiger partial charge in [-0.1, -0.05) is 6.92 Å². The van der Waals surface area contributed by atoms with Crippen molar-refractivity contribution in [2.75, 3.05) is 13.2 Å². The Balaban J connectivity index is 0. The fourth-order valence-corrected chi connectivity index (χ4v) is 0.312. The molecule has 0 aromatic carbocycles. The van der Waals surface area contributed by atoms with Gasteiger partial charge in [-0.2, -0.15) is 0 Å². The molecule has 0 amide bonds. The van der Waals surface area contributed by atoms with E-state index in [2.05, 4.69) is 0 Å². The molecule has 0 radical (unpaired) electrons. The number of aliphatic hydroxyl groups excluding tert-OH is 3. The van der Waals surface area contributed by atoms with Gasteiger partial charge in [0.1, 0.15) is 6.29 Å². The molecule has 0 aliphatic heterocycles. The lowest BCUT2D eigenvalue weighted by atomic mass is 10.1. The fraction of sp³-hybridized carbons (Fsp3) is 1.00. The minimum absolute atomic E-state index is 0.181. The second-order valence-electron chi connectivity index (χ2n) is 2.43. The molecule has 4 N–H and O–H groups in total. The molecule has 0 saturated carbocycles. The van der Waals surface area contributed by atoms with Crippen LogP contribution in [0.1, 0.15) is 20.3 Å². The van der Waals surface area contributed by atoms with Gasteiger partial charge in [-0.05, 0) is 19.3 Å². The third kappa shape index (κ3) is 25.8. The summed E-state index contributed by atoms with van der Waals surface area (Å²) >= 11 is 0. The van der Waals surface area contributed by atoms with Crippen LogP contribution < -0.4 is 0 Å². The highest BCUT2D eigenvalue weighted by molar-refractivity contribution is 4.45. The molecule has 0 aliphatic carbocycles. The van der Waals surface area contributed by atoms with Crippen molar-refractivity contribution in [3.8, 4) is 0 Å². The van der Waals surface area contributed by atoms with Crippen LogP contribution in [-0.2, 0) is 0 Å². The molecule has 0 rings (SSSR count). The zero-order valence-corrected chi connectivity index (χ0v) is 7.06. The molecular formula is C7H18O4. The molecule has 0 bridgehead atoms. The third-order valence-electron chi connectivity index (χ3n) is 0.934. The van der Waals surface area contributed by atoms with Crippen molar-refractivity contribution in [3.05, 3.63) is 0 Å². The number of hydrogen-bond acceptors (Lipinski definition) is 4. The minimum Gasteiger partial charge on any atom is -0.396 e. The summed E-state index contributed by atoms with van der Waals surface area (Å²) in [6.07, 6.45) is -0.462. The van der Waals surface area contributed by atoms with E-state index in [-0.39, 0.29) is 19.1 Å². The van der Waals surface area contributed by atoms with E-state index in [0.29, 0.717) is 6.42 Å². The monoisotopic (exact) mass is 166 g/mol. The normalized spacial score (nSPS) is 12.3. The van der Waals surface area contributed by atoms with Gasteiger partial charge in [-0.15, -0.1) is 0 Å². The lowest BCUT2D eigenvalue weighted by Gasteiger charge is -2.01. The molecule has 0 saturated heterocycles. The van der Waals surface area contributed by atoms with Gasteiger partial charge in [-0.3, -0.25) is 0 Å². The zero-order valence-electron chi connectivity index (χ0n) is 7.06. The minimum atomic E-state index is -1.17. The molecule has 0 spiro atoms. The Labute approximate surface area is 67.1 Å². The Kier molecular flexibility index (Phi) is 12.0. The zero-order chi connectivity index (χ0) is 9.28. The van der Waals surface area contributed by atoms with E-state index in [0.717, 1.165) is 0 Å². The smallest absolute Gasteiger partial charge is 0.148 e. The Morgan fingerprint density at radius 3 is 1.55 bits per heavy atom. The average molecular weight is 166 g/mol. The summed E-state index contributed by atoms with van der Waals surface area (Å²) in [5.74, 6) is 0.255. The first-order valence-electron chi connectivity index (χ1n) is 3.62. The van der Waals surface area contributed by atoms with E-state index < -0.39 is 6.29 Å². The first-order chi connectivity index (χ1) is 5.04. The van der Waals surface area contributed by atoms with Crippen LogP contribution in [0.15, 0.2) is 0 Å². The van der Waals surface area contributed by atoms with Crippen LogP contribution in [0.5, 0.6) is 0 Å². The Hall–Kier alpha value is -0.160. The van der Waals surface area contributed by atoms with Crippen LogP contribution in [0.3, 0.4) is 0 Å². The molecule has 11 heavy (non-hydrogen) atoms. The lowest BCUT2D eigenvalue weighted by Crippen LogP contribution is -2.01. The van der Waals surface area contributed by atoms with Gasteiger partial charge in [0.2, 0.25) is 0 Å². The molecule has 0 fully saturated rings. The maximum Gasteiger partial charge on any atom is 0.148 e. The predicted molar refractivity (Wildman–Crippen MR) is 41.9 cm³/mol. The topological polar surface area (TPSA) is 80.9 Å². The molecule has 70 valence electrons. The maximum atomic E-state index is 8.35. The van der Waals surface area contributed by atoms with Gasteiger partial charge in [0.15, 0.2) is 0 Å². The molecule has 0 heterocycles. The summed E-state index contributed by atoms with van der Waals surface area (Å²) in [4.78, 5) is 0. The highest BCUT2D eigenvalue weighted by atomic mass is 16.5. The summed E-state index contributed by atoms with van der Waals surface area (Å²) in [6, 6.07) is 0. The molecule has 0 aromatic rings. The summed E-state index contributed by atoms with van der Waals surface area (Å²) in [7, 11) is 0. The summed E-state index contributed by atoms with van der Waals surface area (Å²) in [6.45, 7) is 3.54. The quantitative estimate of drug-likeness (QED) is 0.418. The Morgan fingerprint density at radius 1 is 1.09 bits per heavy atom. The predicted octanol–water partition coefficient (Wildman–Crippen LogP) is -0.686. The Morgan fingerprint density at radius 2 is 1.45 bits per heavy atom. The molecule has 0 aliphatic rings. The van der Waals surface area contributed by atoms with Crippen LogP contribution in [0.4, 0.5) is 0 Å². The summed E-state index contributed by atoms with van der Waals surface area (Å²) in [5.41, 5.74) is 0. The van der Waals surface area contributed by atoms with Gasteiger partial charge in [0.05, 0.1) is 0 Å². The van der Waals surface area contributed by atoms with E-state index in [9.17, 15) is 0 Å². The number of aliphatic hydroxyl groups is 4. The highest BCUT2D eigenvalue weighted by Crippen LogP contribution is 1.96. The van der Waals surface area contributed by atoms with Gasteiger partial charge in [0, 0.05) is 13.2 Å². The van der Waals surface area contributed by atoms with Crippen molar-refractivity contribution in [1.29, 1.82) is 0 Å². The Bertz CT molecular complexity index is 62.7. The van der Waals surface area contributed by atoms with E-state index in [1.54, 1.807) is 0 Å². The lowest BCUT2D eigenvalue weighted by molar-refractivity contribution is -0.0228. The van der Waals surface area contributed by atoms with Gasteiger partial charge < -0.3 is 20.4 Å². The van der Waals surface area contributed by atoms with E-state index in [1.807, 2.05) is 6.92 Å². The summed E-state index contributed by atoms with van der Waals surface area (Å²) in [5, 5.41) is 31.8. The van der Waals surface area contributed by atoms with E-state index in [1.165, 1.54) is 6.92 Å². The van der Waals surface area contributed by atoms with Gasteiger partial charge in [0.25, 0.3) is 0 Å². The standard InChI is InChI=1S/C5H12O2.C2H6O2/c1-5(4-7)2-3-6;1-2(3)4/h5-7H,2-4H2,1H3;2-4H,1H3. The van der Waals surface area contributed by atoms with E-state index >= 15 is 0 Å². The van der Waals surface area contributed by atoms with Crippen molar-refractivity contribution in [1.82, 2.24) is 0 Å². The second kappa shape index (κ2) is 9.84. The molecule has 1 atom stereocenters. The summed E-state index contributed by atoms with van der Waals surface area (Å²) < 4.78 is 0. The van der Waals surface area contributed by atoms with Crippen molar-refractivity contribution in [2.24, 2.45) is 5.92 Å². The van der Waals surface area contributed by atoms with Gasteiger partial charge in [-0.25, -0.2) is 0 Å². The van der Waals surface area contributed by atoms with Crippen molar-refractivity contribution in [3.63, 3.8) is 0 Å². The average Bonchev–Trinajstić information content (AvgIpc) is 1.87. The van der Waals surface area contributed by atoms with Crippen LogP contribution >= 0.6 is 0 Å². The second-order valence-corrected chi connectivity index (χ2v) is 2.43. The first-order valence-corrected chi connectivity index (χ1v) is 3.62. The van der Waals surface area contributed by atoms with Crippen LogP contribution in [0.25, 0.3) is 0 Å². The maximum absolute atomic E-state index is 8.35. The van der Waals surface area contributed by atoms with Crippen LogP contribution in [-0.4, -0.2) is 39.9 Å². The SMILES string of the molecule is CC(CO)CCO.CC(O)O. The van der Waals surface area contributed by atoms with Crippen molar-refractivity contribution in [2.45, 2.75) is 26.6 Å². The fourth-order valence-electron chi connectivity index (χ4n) is 0.312.